The number of amides is 2. The molecule has 1 aromatic heterocycles. The molecule has 0 unspecified atom stereocenters. The van der Waals surface area contributed by atoms with E-state index in [1.807, 2.05) is 59.5 Å². The van der Waals surface area contributed by atoms with Gasteiger partial charge < -0.3 is 24.2 Å². The number of nitrogens with one attached hydrogen (secondary N) is 1. The van der Waals surface area contributed by atoms with E-state index in [-0.39, 0.29) is 36.1 Å². The molecule has 0 bridgehead atoms. The van der Waals surface area contributed by atoms with E-state index < -0.39 is 0 Å². The van der Waals surface area contributed by atoms with Gasteiger partial charge in [-0.05, 0) is 30.5 Å². The topological polar surface area (TPSA) is 107 Å². The van der Waals surface area contributed by atoms with Gasteiger partial charge >= 0.3 is 0 Å². The normalized spacial score (nSPS) is 21.8. The number of ether oxygens (including phenoxy) is 2. The van der Waals surface area contributed by atoms with Crippen molar-refractivity contribution in [1.82, 2.24) is 20.4 Å². The van der Waals surface area contributed by atoms with Crippen molar-refractivity contribution in [3.63, 3.8) is 0 Å². The summed E-state index contributed by atoms with van der Waals surface area (Å²) in [6.07, 6.45) is 1.27. The number of nitrogens with zero attached hydrogens (tertiary/aromatic N) is 3. The minimum Gasteiger partial charge on any atom is -0.497 e. The minimum absolute atomic E-state index is 0.0932. The highest BCUT2D eigenvalue weighted by Gasteiger charge is 2.43. The van der Waals surface area contributed by atoms with E-state index in [0.717, 1.165) is 11.1 Å². The first kappa shape index (κ1) is 24.0. The van der Waals surface area contributed by atoms with Crippen molar-refractivity contribution in [3.8, 4) is 17.1 Å². The lowest BCUT2D eigenvalue weighted by Gasteiger charge is -2.29. The first-order valence-electron chi connectivity index (χ1n) is 12.3. The lowest BCUT2D eigenvalue weighted by Crippen LogP contribution is -2.43. The van der Waals surface area contributed by atoms with Crippen LogP contribution in [-0.4, -0.2) is 66.3 Å². The molecule has 0 spiro atoms. The Bertz CT molecular complexity index is 1190. The number of carbonyl (C=O) groups is 2. The van der Waals surface area contributed by atoms with Gasteiger partial charge in [0.1, 0.15) is 5.75 Å². The van der Waals surface area contributed by atoms with E-state index in [4.69, 9.17) is 14.0 Å². The maximum Gasteiger partial charge on any atom is 0.232 e. The van der Waals surface area contributed by atoms with Gasteiger partial charge in [-0.2, -0.15) is 4.98 Å². The largest absolute Gasteiger partial charge is 0.497 e. The zero-order chi connectivity index (χ0) is 24.9. The van der Waals surface area contributed by atoms with Crippen LogP contribution in [0.2, 0.25) is 0 Å². The number of rotatable bonds is 7. The Morgan fingerprint density at radius 2 is 1.89 bits per heavy atom. The van der Waals surface area contributed by atoms with Crippen LogP contribution in [0.15, 0.2) is 59.1 Å². The van der Waals surface area contributed by atoms with E-state index in [9.17, 15) is 9.59 Å². The second kappa shape index (κ2) is 10.9. The second-order valence-electron chi connectivity index (χ2n) is 9.24. The lowest BCUT2D eigenvalue weighted by molar-refractivity contribution is -0.139. The summed E-state index contributed by atoms with van der Waals surface area (Å²) in [5.74, 6) is 1.13. The zero-order valence-corrected chi connectivity index (χ0v) is 20.3. The number of benzene rings is 2. The Kier molecular flexibility index (Phi) is 7.27. The van der Waals surface area contributed by atoms with E-state index in [1.165, 1.54) is 0 Å². The molecule has 36 heavy (non-hydrogen) atoms. The standard InChI is InChI=1S/C27H30N4O5/c1-34-21-9-5-6-18(14-21)15-24(32)28-23-17-20(27(33)31-10-12-35-13-11-31)16-22(23)26-29-25(30-36-26)19-7-3-2-4-8-19/h2-9,14,20,22-23H,10-13,15-17H2,1H3,(H,28,32)/t20-,22-,23+/m1/s1. The third-order valence-corrected chi connectivity index (χ3v) is 6.87. The second-order valence-corrected chi connectivity index (χ2v) is 9.24. The van der Waals surface area contributed by atoms with Gasteiger partial charge in [0, 0.05) is 30.6 Å². The zero-order valence-electron chi connectivity index (χ0n) is 20.3. The quantitative estimate of drug-likeness (QED) is 0.543. The molecular weight excluding hydrogens is 460 g/mol. The Labute approximate surface area is 209 Å². The van der Waals surface area contributed by atoms with Gasteiger partial charge in [0.2, 0.25) is 23.5 Å². The molecule has 2 aromatic carbocycles. The number of hydrogen-bond acceptors (Lipinski definition) is 7. The molecule has 3 aromatic rings. The molecule has 188 valence electrons. The summed E-state index contributed by atoms with van der Waals surface area (Å²) in [5.41, 5.74) is 1.71. The fraction of sp³-hybridized carbons (Fsp3) is 0.407. The van der Waals surface area contributed by atoms with Crippen LogP contribution in [0.3, 0.4) is 0 Å². The van der Waals surface area contributed by atoms with Crippen molar-refractivity contribution in [2.45, 2.75) is 31.2 Å². The highest BCUT2D eigenvalue weighted by Crippen LogP contribution is 2.39. The smallest absolute Gasteiger partial charge is 0.232 e. The van der Waals surface area contributed by atoms with Gasteiger partial charge in [-0.25, -0.2) is 0 Å². The third-order valence-electron chi connectivity index (χ3n) is 6.87. The number of carbonyl (C=O) groups excluding carboxylic acids is 2. The van der Waals surface area contributed by atoms with Crippen LogP contribution in [0.25, 0.3) is 11.4 Å². The van der Waals surface area contributed by atoms with Gasteiger partial charge in [-0.3, -0.25) is 9.59 Å². The van der Waals surface area contributed by atoms with E-state index in [2.05, 4.69) is 15.5 Å². The summed E-state index contributed by atoms with van der Waals surface area (Å²) in [7, 11) is 1.60. The van der Waals surface area contributed by atoms with Crippen LogP contribution in [0, 0.1) is 5.92 Å². The molecule has 2 heterocycles. The number of hydrogen-bond donors (Lipinski definition) is 1. The minimum atomic E-state index is -0.290. The average Bonchev–Trinajstić information content (AvgIpc) is 3.57. The molecule has 1 saturated heterocycles. The summed E-state index contributed by atoms with van der Waals surface area (Å²) in [5, 5.41) is 7.31. The Hall–Kier alpha value is -3.72. The van der Waals surface area contributed by atoms with Crippen molar-refractivity contribution in [2.24, 2.45) is 5.92 Å². The lowest BCUT2D eigenvalue weighted by atomic mass is 10.0. The van der Waals surface area contributed by atoms with Crippen molar-refractivity contribution in [2.75, 3.05) is 33.4 Å². The number of morpholine rings is 1. The van der Waals surface area contributed by atoms with Gasteiger partial charge in [0.15, 0.2) is 0 Å². The average molecular weight is 491 g/mol. The molecule has 1 saturated carbocycles. The Balaban J connectivity index is 1.34. The molecule has 2 fully saturated rings. The molecule has 9 nitrogen and oxygen atoms in total. The SMILES string of the molecule is COc1cccc(CC(=O)N[C@H]2C[C@H](C(=O)N3CCOCC3)C[C@H]2c2nc(-c3ccccc3)no2)c1. The Morgan fingerprint density at radius 1 is 1.08 bits per heavy atom. The maximum absolute atomic E-state index is 13.3. The van der Waals surface area contributed by atoms with Gasteiger partial charge in [0.25, 0.3) is 0 Å². The van der Waals surface area contributed by atoms with E-state index in [0.29, 0.717) is 56.6 Å². The summed E-state index contributed by atoms with van der Waals surface area (Å²) < 4.78 is 16.3. The number of aromatic nitrogens is 2. The first-order chi connectivity index (χ1) is 17.6. The summed E-state index contributed by atoms with van der Waals surface area (Å²) in [4.78, 5) is 32.8. The van der Waals surface area contributed by atoms with Gasteiger partial charge in [-0.15, -0.1) is 0 Å². The van der Waals surface area contributed by atoms with Crippen molar-refractivity contribution >= 4 is 11.8 Å². The van der Waals surface area contributed by atoms with Crippen LogP contribution in [0.5, 0.6) is 5.75 Å². The fourth-order valence-corrected chi connectivity index (χ4v) is 5.03. The van der Waals surface area contributed by atoms with E-state index >= 15 is 0 Å². The monoisotopic (exact) mass is 490 g/mol. The summed E-state index contributed by atoms with van der Waals surface area (Å²) in [6.45, 7) is 2.27. The van der Waals surface area contributed by atoms with Crippen molar-refractivity contribution < 1.29 is 23.6 Å². The third kappa shape index (κ3) is 5.41. The van der Waals surface area contributed by atoms with Crippen molar-refractivity contribution in [3.05, 3.63) is 66.1 Å². The van der Waals surface area contributed by atoms with E-state index in [1.54, 1.807) is 7.11 Å². The Morgan fingerprint density at radius 3 is 2.67 bits per heavy atom. The highest BCUT2D eigenvalue weighted by atomic mass is 16.5. The highest BCUT2D eigenvalue weighted by molar-refractivity contribution is 5.81. The van der Waals surface area contributed by atoms with Crippen molar-refractivity contribution in [1.29, 1.82) is 0 Å². The molecule has 1 aliphatic carbocycles. The molecule has 1 N–H and O–H groups in total. The van der Waals surface area contributed by atoms with Gasteiger partial charge in [0.05, 0.1) is 32.7 Å². The first-order valence-corrected chi connectivity index (χ1v) is 12.3. The van der Waals surface area contributed by atoms with Crippen LogP contribution in [-0.2, 0) is 20.7 Å². The summed E-state index contributed by atoms with van der Waals surface area (Å²) >= 11 is 0. The number of methoxy groups -OCH3 is 1. The molecular formula is C27H30N4O5. The molecule has 3 atom stereocenters. The maximum atomic E-state index is 13.3. The summed E-state index contributed by atoms with van der Waals surface area (Å²) in [6, 6.07) is 16.8. The van der Waals surface area contributed by atoms with Crippen LogP contribution in [0.1, 0.15) is 30.2 Å². The molecule has 0 radical (unpaired) electrons. The molecule has 2 aliphatic rings. The molecule has 1 aliphatic heterocycles. The van der Waals surface area contributed by atoms with Crippen LogP contribution >= 0.6 is 0 Å². The molecule has 5 rings (SSSR count). The van der Waals surface area contributed by atoms with Crippen LogP contribution in [0.4, 0.5) is 0 Å². The van der Waals surface area contributed by atoms with Crippen LogP contribution < -0.4 is 10.1 Å². The molecule has 2 amide bonds. The fourth-order valence-electron chi connectivity index (χ4n) is 5.03. The predicted molar refractivity (Wildman–Crippen MR) is 131 cm³/mol. The molecule has 9 heteroatoms. The van der Waals surface area contributed by atoms with Gasteiger partial charge in [-0.1, -0.05) is 47.6 Å². The predicted octanol–water partition coefficient (Wildman–Crippen LogP) is 2.83.